The number of carbonyl (C=O) groups is 1. The molecule has 1 heterocycles. The highest BCUT2D eigenvalue weighted by atomic mass is 16.5. The van der Waals surface area contributed by atoms with Crippen LogP contribution in [0.4, 0.5) is 0 Å². The van der Waals surface area contributed by atoms with Crippen LogP contribution >= 0.6 is 0 Å². The summed E-state index contributed by atoms with van der Waals surface area (Å²) in [6.07, 6.45) is 2.23. The number of aryl methyl sites for hydroxylation is 2. The molecule has 0 spiro atoms. The van der Waals surface area contributed by atoms with E-state index in [1.807, 2.05) is 20.8 Å². The van der Waals surface area contributed by atoms with Crippen molar-refractivity contribution >= 4 is 5.91 Å². The van der Waals surface area contributed by atoms with Gasteiger partial charge in [0.15, 0.2) is 0 Å². The van der Waals surface area contributed by atoms with Gasteiger partial charge in [0, 0.05) is 18.2 Å². The van der Waals surface area contributed by atoms with Crippen molar-refractivity contribution in [1.82, 2.24) is 15.8 Å². The maximum atomic E-state index is 11.7. The quantitative estimate of drug-likeness (QED) is 0.803. The molecule has 0 aromatic carbocycles. The van der Waals surface area contributed by atoms with E-state index in [0.717, 1.165) is 29.9 Å². The molecule has 2 N–H and O–H groups in total. The Labute approximate surface area is 101 Å². The molecular weight excluding hydrogens is 218 g/mol. The Morgan fingerprint density at radius 1 is 1.53 bits per heavy atom. The summed E-state index contributed by atoms with van der Waals surface area (Å²) in [7, 11) is 0. The first-order valence-electron chi connectivity index (χ1n) is 6.03. The average molecular weight is 237 g/mol. The van der Waals surface area contributed by atoms with Crippen molar-refractivity contribution in [3.63, 3.8) is 0 Å². The minimum atomic E-state index is -0.190. The highest BCUT2D eigenvalue weighted by Gasteiger charge is 2.25. The normalized spacial score (nSPS) is 16.9. The van der Waals surface area contributed by atoms with Crippen LogP contribution < -0.4 is 10.6 Å². The standard InChI is InChI=1S/C12H19N3O2/c1-7-11(9(3)17-15-7)6-13-8(2)12(16)14-10-4-5-10/h8,10,13H,4-6H2,1-3H3,(H,14,16). The predicted octanol–water partition coefficient (Wildman–Crippen LogP) is 1.05. The van der Waals surface area contributed by atoms with Crippen LogP contribution in [0.3, 0.4) is 0 Å². The summed E-state index contributed by atoms with van der Waals surface area (Å²) in [5.41, 5.74) is 1.92. The lowest BCUT2D eigenvalue weighted by Gasteiger charge is -2.13. The van der Waals surface area contributed by atoms with Crippen molar-refractivity contribution in [3.8, 4) is 0 Å². The molecule has 1 unspecified atom stereocenters. The van der Waals surface area contributed by atoms with Gasteiger partial charge in [0.05, 0.1) is 11.7 Å². The van der Waals surface area contributed by atoms with E-state index in [2.05, 4.69) is 15.8 Å². The molecule has 1 atom stereocenters. The molecule has 1 aliphatic carbocycles. The third-order valence-corrected chi connectivity index (χ3v) is 3.08. The molecule has 1 saturated carbocycles. The van der Waals surface area contributed by atoms with Crippen LogP contribution in [-0.2, 0) is 11.3 Å². The van der Waals surface area contributed by atoms with E-state index in [4.69, 9.17) is 4.52 Å². The molecule has 1 amide bonds. The van der Waals surface area contributed by atoms with Gasteiger partial charge >= 0.3 is 0 Å². The lowest BCUT2D eigenvalue weighted by atomic mass is 10.2. The molecule has 1 aromatic rings. The zero-order valence-corrected chi connectivity index (χ0v) is 10.5. The average Bonchev–Trinajstić information content (AvgIpc) is 3.04. The third kappa shape index (κ3) is 3.06. The van der Waals surface area contributed by atoms with Crippen LogP contribution in [0.15, 0.2) is 4.52 Å². The van der Waals surface area contributed by atoms with Crippen LogP contribution in [-0.4, -0.2) is 23.1 Å². The molecule has 0 radical (unpaired) electrons. The van der Waals surface area contributed by atoms with Crippen molar-refractivity contribution in [1.29, 1.82) is 0 Å². The van der Waals surface area contributed by atoms with Crippen molar-refractivity contribution in [2.45, 2.75) is 52.2 Å². The summed E-state index contributed by atoms with van der Waals surface area (Å²) in [5.74, 6) is 0.879. The van der Waals surface area contributed by atoms with E-state index in [-0.39, 0.29) is 11.9 Å². The highest BCUT2D eigenvalue weighted by Crippen LogP contribution is 2.18. The van der Waals surface area contributed by atoms with Gasteiger partial charge in [-0.2, -0.15) is 0 Å². The highest BCUT2D eigenvalue weighted by molar-refractivity contribution is 5.81. The van der Waals surface area contributed by atoms with E-state index in [9.17, 15) is 4.79 Å². The summed E-state index contributed by atoms with van der Waals surface area (Å²) >= 11 is 0. The Morgan fingerprint density at radius 2 is 2.24 bits per heavy atom. The van der Waals surface area contributed by atoms with Crippen LogP contribution in [0.25, 0.3) is 0 Å². The van der Waals surface area contributed by atoms with Gasteiger partial charge in [-0.1, -0.05) is 5.16 Å². The summed E-state index contributed by atoms with van der Waals surface area (Å²) in [6, 6.07) is 0.218. The zero-order valence-electron chi connectivity index (χ0n) is 10.5. The van der Waals surface area contributed by atoms with Crippen LogP contribution in [0.2, 0.25) is 0 Å². The topological polar surface area (TPSA) is 67.2 Å². The van der Waals surface area contributed by atoms with Crippen LogP contribution in [0.1, 0.15) is 36.8 Å². The number of hydrogen-bond donors (Lipinski definition) is 2. The Kier molecular flexibility index (Phi) is 3.47. The fourth-order valence-electron chi connectivity index (χ4n) is 1.66. The second kappa shape index (κ2) is 4.87. The molecule has 2 rings (SSSR count). The van der Waals surface area contributed by atoms with E-state index in [0.29, 0.717) is 12.6 Å². The maximum Gasteiger partial charge on any atom is 0.237 e. The van der Waals surface area contributed by atoms with Gasteiger partial charge in [0.25, 0.3) is 0 Å². The lowest BCUT2D eigenvalue weighted by Crippen LogP contribution is -2.42. The van der Waals surface area contributed by atoms with E-state index >= 15 is 0 Å². The number of nitrogens with zero attached hydrogens (tertiary/aromatic N) is 1. The molecule has 5 heteroatoms. The van der Waals surface area contributed by atoms with Gasteiger partial charge in [0.1, 0.15) is 5.76 Å². The van der Waals surface area contributed by atoms with Gasteiger partial charge < -0.3 is 15.2 Å². The van der Waals surface area contributed by atoms with E-state index in [1.54, 1.807) is 0 Å². The lowest BCUT2D eigenvalue weighted by molar-refractivity contribution is -0.122. The van der Waals surface area contributed by atoms with Crippen molar-refractivity contribution in [2.75, 3.05) is 0 Å². The smallest absolute Gasteiger partial charge is 0.237 e. The molecule has 17 heavy (non-hydrogen) atoms. The van der Waals surface area contributed by atoms with Crippen molar-refractivity contribution < 1.29 is 9.32 Å². The first-order valence-corrected chi connectivity index (χ1v) is 6.03. The number of aromatic nitrogens is 1. The second-order valence-corrected chi connectivity index (χ2v) is 4.69. The molecule has 1 aliphatic rings. The maximum absolute atomic E-state index is 11.7. The third-order valence-electron chi connectivity index (χ3n) is 3.08. The summed E-state index contributed by atoms with van der Waals surface area (Å²) in [5, 5.41) is 10.0. The molecular formula is C12H19N3O2. The number of carbonyl (C=O) groups excluding carboxylic acids is 1. The van der Waals surface area contributed by atoms with Gasteiger partial charge in [-0.05, 0) is 33.6 Å². The summed E-state index contributed by atoms with van der Waals surface area (Å²) in [4.78, 5) is 11.7. The van der Waals surface area contributed by atoms with Gasteiger partial charge in [-0.15, -0.1) is 0 Å². The molecule has 1 fully saturated rings. The minimum Gasteiger partial charge on any atom is -0.361 e. The Hall–Kier alpha value is -1.36. The number of hydrogen-bond acceptors (Lipinski definition) is 4. The predicted molar refractivity (Wildman–Crippen MR) is 63.4 cm³/mol. The number of nitrogens with one attached hydrogen (secondary N) is 2. The molecule has 1 aromatic heterocycles. The first kappa shape index (κ1) is 12.1. The van der Waals surface area contributed by atoms with Crippen molar-refractivity contribution in [3.05, 3.63) is 17.0 Å². The van der Waals surface area contributed by atoms with Gasteiger partial charge in [-0.3, -0.25) is 4.79 Å². The summed E-state index contributed by atoms with van der Waals surface area (Å²) < 4.78 is 5.07. The molecule has 94 valence electrons. The SMILES string of the molecule is Cc1noc(C)c1CNC(C)C(=O)NC1CC1. The Balaban J connectivity index is 1.82. The Bertz CT molecular complexity index is 390. The molecule has 0 aliphatic heterocycles. The first-order chi connectivity index (χ1) is 8.08. The van der Waals surface area contributed by atoms with Crippen molar-refractivity contribution in [2.24, 2.45) is 0 Å². The fourth-order valence-corrected chi connectivity index (χ4v) is 1.66. The second-order valence-electron chi connectivity index (χ2n) is 4.69. The van der Waals surface area contributed by atoms with Gasteiger partial charge in [0.2, 0.25) is 5.91 Å². The van der Waals surface area contributed by atoms with E-state index in [1.165, 1.54) is 0 Å². The van der Waals surface area contributed by atoms with E-state index < -0.39 is 0 Å². The monoisotopic (exact) mass is 237 g/mol. The molecule has 5 nitrogen and oxygen atoms in total. The zero-order chi connectivity index (χ0) is 12.4. The van der Waals surface area contributed by atoms with Crippen LogP contribution in [0.5, 0.6) is 0 Å². The Morgan fingerprint density at radius 3 is 2.76 bits per heavy atom. The number of rotatable bonds is 5. The number of amides is 1. The minimum absolute atomic E-state index is 0.0688. The van der Waals surface area contributed by atoms with Gasteiger partial charge in [-0.25, -0.2) is 0 Å². The molecule has 0 bridgehead atoms. The molecule has 0 saturated heterocycles. The van der Waals surface area contributed by atoms with Crippen LogP contribution in [0, 0.1) is 13.8 Å². The largest absolute Gasteiger partial charge is 0.361 e. The summed E-state index contributed by atoms with van der Waals surface area (Å²) in [6.45, 7) is 6.27. The fraction of sp³-hybridized carbons (Fsp3) is 0.667.